The van der Waals surface area contributed by atoms with Crippen LogP contribution in [0, 0.1) is 17.6 Å². The zero-order valence-electron chi connectivity index (χ0n) is 26.2. The van der Waals surface area contributed by atoms with Gasteiger partial charge in [-0.2, -0.15) is 4.31 Å². The third-order valence-electron chi connectivity index (χ3n) is 7.37. The Bertz CT molecular complexity index is 1590. The minimum atomic E-state index is -4.10. The highest BCUT2D eigenvalue weighted by molar-refractivity contribution is 7.89. The molecule has 0 radical (unpaired) electrons. The number of unbranched alkanes of at least 4 members (excludes halogenated alkanes) is 1. The zero-order valence-corrected chi connectivity index (χ0v) is 27.0. The third-order valence-corrected chi connectivity index (χ3v) is 9.29. The first kappa shape index (κ1) is 36.4. The number of halogens is 2. The molecule has 10 nitrogen and oxygen atoms in total. The largest absolute Gasteiger partial charge is 0.453 e. The van der Waals surface area contributed by atoms with Crippen LogP contribution in [0.15, 0.2) is 71.6 Å². The fourth-order valence-electron chi connectivity index (χ4n) is 5.05. The van der Waals surface area contributed by atoms with Crippen LogP contribution in [-0.4, -0.2) is 68.7 Å². The van der Waals surface area contributed by atoms with E-state index in [2.05, 4.69) is 10.6 Å². The highest BCUT2D eigenvalue weighted by Crippen LogP contribution is 2.27. The maximum absolute atomic E-state index is 13.9. The van der Waals surface area contributed by atoms with Gasteiger partial charge in [0, 0.05) is 25.6 Å². The van der Waals surface area contributed by atoms with Crippen molar-refractivity contribution < 1.29 is 36.6 Å². The molecule has 13 heteroatoms. The summed E-state index contributed by atoms with van der Waals surface area (Å²) in [6, 6.07) is 14.7. The van der Waals surface area contributed by atoms with Crippen molar-refractivity contribution in [1.82, 2.24) is 14.9 Å². The van der Waals surface area contributed by atoms with E-state index in [1.54, 1.807) is 30.3 Å². The van der Waals surface area contributed by atoms with E-state index in [0.29, 0.717) is 36.0 Å². The van der Waals surface area contributed by atoms with Gasteiger partial charge in [-0.25, -0.2) is 22.0 Å². The fraction of sp³-hybridized carbons (Fsp3) is 0.394. The van der Waals surface area contributed by atoms with Gasteiger partial charge >= 0.3 is 6.09 Å². The van der Waals surface area contributed by atoms with Crippen LogP contribution in [0.1, 0.15) is 38.7 Å². The number of anilines is 1. The number of nitrogen functional groups attached to an aromatic ring is 1. The fourth-order valence-corrected chi connectivity index (χ4v) is 6.90. The van der Waals surface area contributed by atoms with E-state index in [-0.39, 0.29) is 36.0 Å². The summed E-state index contributed by atoms with van der Waals surface area (Å²) in [4.78, 5) is 25.1. The molecule has 1 unspecified atom stereocenters. The number of hydrogen-bond acceptors (Lipinski definition) is 7. The summed E-state index contributed by atoms with van der Waals surface area (Å²) in [5.74, 6) is -1.65. The predicted octanol–water partition coefficient (Wildman–Crippen LogP) is 4.48. The van der Waals surface area contributed by atoms with E-state index in [1.165, 1.54) is 23.5 Å². The molecule has 3 aromatic rings. The molecule has 0 saturated heterocycles. The first-order valence-electron chi connectivity index (χ1n) is 15.0. The molecule has 5 N–H and O–H groups in total. The van der Waals surface area contributed by atoms with Crippen LogP contribution in [0.4, 0.5) is 19.3 Å². The van der Waals surface area contributed by atoms with Crippen LogP contribution in [0.3, 0.4) is 0 Å². The minimum absolute atomic E-state index is 0.0637. The molecule has 0 heterocycles. The Morgan fingerprint density at radius 3 is 2.41 bits per heavy atom. The molecule has 3 rings (SSSR count). The van der Waals surface area contributed by atoms with E-state index in [9.17, 15) is 31.9 Å². The molecule has 0 aliphatic rings. The molecule has 46 heavy (non-hydrogen) atoms. The number of nitrogens with two attached hydrogens (primary N) is 1. The first-order valence-corrected chi connectivity index (χ1v) is 16.4. The van der Waals surface area contributed by atoms with Crippen LogP contribution < -0.4 is 16.4 Å². The SMILES string of the molecule is COC(=O)N[C@@H](Cc1ccccc1-c1cccc(F)c1)C(=O)NCCCCC(CO)N(CC(C)C)S(=O)(=O)c1ccc(F)c(N)c1. The maximum Gasteiger partial charge on any atom is 0.407 e. The normalized spacial score (nSPS) is 13.0. The summed E-state index contributed by atoms with van der Waals surface area (Å²) >= 11 is 0. The van der Waals surface area contributed by atoms with Gasteiger partial charge in [0.1, 0.15) is 17.7 Å². The lowest BCUT2D eigenvalue weighted by Crippen LogP contribution is -2.48. The van der Waals surface area contributed by atoms with E-state index >= 15 is 0 Å². The number of nitrogens with zero attached hydrogens (tertiary/aromatic N) is 1. The van der Waals surface area contributed by atoms with Crippen molar-refractivity contribution in [2.45, 2.75) is 56.5 Å². The standard InChI is InChI=1S/C33H42F2N4O6S/c1-22(2)20-39(46(43,44)27-14-15-29(35)30(36)19-27)26(21-40)12-6-7-16-37-32(41)31(38-33(42)45-3)18-24-9-4-5-13-28(24)23-10-8-11-25(34)17-23/h4-5,8-11,13-15,17,19,22,26,31,40H,6-7,12,16,18,20-21,36H2,1-3H3,(H,37,41)(H,38,42)/t26?,31-/m0/s1. The summed E-state index contributed by atoms with van der Waals surface area (Å²) < 4.78 is 60.6. The molecule has 0 fully saturated rings. The van der Waals surface area contributed by atoms with Crippen LogP contribution in [0.25, 0.3) is 11.1 Å². The van der Waals surface area contributed by atoms with Crippen LogP contribution in [-0.2, 0) is 26.0 Å². The minimum Gasteiger partial charge on any atom is -0.453 e. The van der Waals surface area contributed by atoms with Gasteiger partial charge in [-0.15, -0.1) is 0 Å². The Kier molecular flexibility index (Phi) is 13.5. The van der Waals surface area contributed by atoms with Gasteiger partial charge in [-0.1, -0.05) is 56.7 Å². The van der Waals surface area contributed by atoms with Gasteiger partial charge in [-0.05, 0) is 65.8 Å². The summed E-state index contributed by atoms with van der Waals surface area (Å²) in [6.45, 7) is 3.60. The number of nitrogens with one attached hydrogen (secondary N) is 2. The van der Waals surface area contributed by atoms with Crippen molar-refractivity contribution >= 4 is 27.7 Å². The van der Waals surface area contributed by atoms with Crippen molar-refractivity contribution in [2.75, 3.05) is 32.5 Å². The second kappa shape index (κ2) is 17.0. The first-order chi connectivity index (χ1) is 21.9. The number of alkyl carbamates (subject to hydrolysis) is 1. The number of carbonyl (C=O) groups excluding carboxylic acids is 2. The maximum atomic E-state index is 13.9. The average Bonchev–Trinajstić information content (AvgIpc) is 3.02. The lowest BCUT2D eigenvalue weighted by Gasteiger charge is -2.31. The quantitative estimate of drug-likeness (QED) is 0.131. The number of carbonyl (C=O) groups is 2. The number of methoxy groups -OCH3 is 1. The number of aliphatic hydroxyl groups excluding tert-OH is 1. The van der Waals surface area contributed by atoms with Gasteiger partial charge < -0.3 is 26.2 Å². The number of rotatable bonds is 16. The molecule has 0 aliphatic heterocycles. The summed E-state index contributed by atoms with van der Waals surface area (Å²) in [5, 5.41) is 15.5. The summed E-state index contributed by atoms with van der Waals surface area (Å²) in [5.41, 5.74) is 7.38. The Morgan fingerprint density at radius 2 is 1.76 bits per heavy atom. The summed E-state index contributed by atoms with van der Waals surface area (Å²) in [7, 11) is -2.91. The lowest BCUT2D eigenvalue weighted by atomic mass is 9.94. The molecular weight excluding hydrogens is 618 g/mol. The zero-order chi connectivity index (χ0) is 33.9. The number of ether oxygens (including phenoxy) is 1. The number of sulfonamides is 1. The highest BCUT2D eigenvalue weighted by atomic mass is 32.2. The van der Waals surface area contributed by atoms with Crippen LogP contribution >= 0.6 is 0 Å². The topological polar surface area (TPSA) is 151 Å². The molecule has 2 amide bonds. The van der Waals surface area contributed by atoms with E-state index < -0.39 is 52.3 Å². The molecule has 0 bridgehead atoms. The molecule has 2 atom stereocenters. The number of hydrogen-bond donors (Lipinski definition) is 4. The number of aliphatic hydroxyl groups is 1. The Morgan fingerprint density at radius 1 is 1.02 bits per heavy atom. The van der Waals surface area contributed by atoms with Crippen molar-refractivity contribution in [3.8, 4) is 11.1 Å². The van der Waals surface area contributed by atoms with Crippen molar-refractivity contribution in [3.05, 3.63) is 83.9 Å². The molecule has 3 aromatic carbocycles. The molecule has 250 valence electrons. The Hall–Kier alpha value is -4.07. The average molecular weight is 661 g/mol. The molecule has 0 aromatic heterocycles. The van der Waals surface area contributed by atoms with Crippen molar-refractivity contribution in [3.63, 3.8) is 0 Å². The van der Waals surface area contributed by atoms with Gasteiger partial charge in [0.15, 0.2) is 0 Å². The van der Waals surface area contributed by atoms with Gasteiger partial charge in [0.25, 0.3) is 0 Å². The predicted molar refractivity (Wildman–Crippen MR) is 172 cm³/mol. The molecule has 0 saturated carbocycles. The third kappa shape index (κ3) is 9.96. The van der Waals surface area contributed by atoms with E-state index in [4.69, 9.17) is 10.5 Å². The van der Waals surface area contributed by atoms with Crippen molar-refractivity contribution in [1.29, 1.82) is 0 Å². The van der Waals surface area contributed by atoms with Gasteiger partial charge in [0.05, 0.1) is 24.3 Å². The molecular formula is C33H42F2N4O6S. The molecule has 0 spiro atoms. The van der Waals surface area contributed by atoms with Crippen molar-refractivity contribution in [2.24, 2.45) is 5.92 Å². The Balaban J connectivity index is 1.66. The van der Waals surface area contributed by atoms with Gasteiger partial charge in [0.2, 0.25) is 15.9 Å². The molecule has 0 aliphatic carbocycles. The van der Waals surface area contributed by atoms with Crippen LogP contribution in [0.2, 0.25) is 0 Å². The summed E-state index contributed by atoms with van der Waals surface area (Å²) in [6.07, 6.45) is 0.518. The second-order valence-electron chi connectivity index (χ2n) is 11.3. The lowest BCUT2D eigenvalue weighted by molar-refractivity contribution is -0.123. The number of benzene rings is 3. The monoisotopic (exact) mass is 660 g/mol. The number of amides is 2. The van der Waals surface area contributed by atoms with Crippen LogP contribution in [0.5, 0.6) is 0 Å². The van der Waals surface area contributed by atoms with Gasteiger partial charge in [-0.3, -0.25) is 4.79 Å². The highest BCUT2D eigenvalue weighted by Gasteiger charge is 2.32. The van der Waals surface area contributed by atoms with E-state index in [1.807, 2.05) is 19.9 Å². The smallest absolute Gasteiger partial charge is 0.407 e. The second-order valence-corrected chi connectivity index (χ2v) is 13.2. The Labute approximate surface area is 269 Å². The van der Waals surface area contributed by atoms with E-state index in [0.717, 1.165) is 18.2 Å².